The molecule has 0 aliphatic carbocycles. The number of fused-ring (bicyclic) bond motifs is 1. The fourth-order valence-electron chi connectivity index (χ4n) is 4.56. The van der Waals surface area contributed by atoms with Gasteiger partial charge in [0.05, 0.1) is 17.4 Å². The SMILES string of the molecule is CC(C)(C)c1ccc([C@@H]2[C@@H]3C(=O)N(c4ccccc4)C(=O)[C@@H]3ON2c2ccccc2)cc1. The van der Waals surface area contributed by atoms with Gasteiger partial charge in [-0.25, -0.2) is 9.96 Å². The first-order chi connectivity index (χ1) is 15.4. The second-order valence-corrected chi connectivity index (χ2v) is 9.38. The van der Waals surface area contributed by atoms with Gasteiger partial charge in [0.2, 0.25) is 5.91 Å². The Bertz CT molecular complexity index is 1140. The Morgan fingerprint density at radius 2 is 1.28 bits per heavy atom. The number of carbonyl (C=O) groups is 2. The predicted octanol–water partition coefficient (Wildman–Crippen LogP) is 5.04. The average Bonchev–Trinajstić information content (AvgIpc) is 3.30. The van der Waals surface area contributed by atoms with Crippen LogP contribution in [0.1, 0.15) is 37.9 Å². The van der Waals surface area contributed by atoms with Gasteiger partial charge in [-0.15, -0.1) is 0 Å². The Hall–Kier alpha value is -3.44. The lowest BCUT2D eigenvalue weighted by Gasteiger charge is -2.29. The Morgan fingerprint density at radius 3 is 1.84 bits per heavy atom. The van der Waals surface area contributed by atoms with Crippen LogP contribution in [0.5, 0.6) is 0 Å². The summed E-state index contributed by atoms with van der Waals surface area (Å²) in [4.78, 5) is 34.3. The largest absolute Gasteiger partial charge is 0.273 e. The minimum absolute atomic E-state index is 0.0234. The van der Waals surface area contributed by atoms with E-state index in [2.05, 4.69) is 45.0 Å². The zero-order valence-electron chi connectivity index (χ0n) is 18.4. The number of carbonyl (C=O) groups excluding carboxylic acids is 2. The quantitative estimate of drug-likeness (QED) is 0.551. The first-order valence-electron chi connectivity index (χ1n) is 10.9. The maximum absolute atomic E-state index is 13.6. The van der Waals surface area contributed by atoms with Crippen molar-refractivity contribution in [3.8, 4) is 0 Å². The number of hydroxylamine groups is 1. The number of nitrogens with zero attached hydrogens (tertiary/aromatic N) is 2. The van der Waals surface area contributed by atoms with Gasteiger partial charge in [0.15, 0.2) is 6.10 Å². The molecule has 0 N–H and O–H groups in total. The molecule has 5 nitrogen and oxygen atoms in total. The Labute approximate surface area is 188 Å². The van der Waals surface area contributed by atoms with Crippen molar-refractivity contribution in [1.82, 2.24) is 0 Å². The number of para-hydroxylation sites is 2. The van der Waals surface area contributed by atoms with Crippen molar-refractivity contribution >= 4 is 23.2 Å². The number of amides is 2. The van der Waals surface area contributed by atoms with Gasteiger partial charge in [0.1, 0.15) is 5.92 Å². The highest BCUT2D eigenvalue weighted by atomic mass is 16.7. The number of hydrogen-bond acceptors (Lipinski definition) is 4. The van der Waals surface area contributed by atoms with E-state index in [1.54, 1.807) is 17.2 Å². The second kappa shape index (κ2) is 7.61. The van der Waals surface area contributed by atoms with Gasteiger partial charge in [0, 0.05) is 0 Å². The number of anilines is 2. The molecule has 32 heavy (non-hydrogen) atoms. The van der Waals surface area contributed by atoms with Crippen LogP contribution in [0, 0.1) is 5.92 Å². The van der Waals surface area contributed by atoms with Crippen molar-refractivity contribution in [2.24, 2.45) is 5.92 Å². The molecule has 3 aromatic rings. The lowest BCUT2D eigenvalue weighted by molar-refractivity contribution is -0.126. The number of benzene rings is 3. The van der Waals surface area contributed by atoms with Gasteiger partial charge in [-0.05, 0) is 40.8 Å². The van der Waals surface area contributed by atoms with E-state index in [0.29, 0.717) is 5.69 Å². The maximum Gasteiger partial charge on any atom is 0.266 e. The van der Waals surface area contributed by atoms with Crippen LogP contribution in [-0.2, 0) is 19.8 Å². The van der Waals surface area contributed by atoms with Crippen LogP contribution in [-0.4, -0.2) is 17.9 Å². The van der Waals surface area contributed by atoms with Crippen LogP contribution < -0.4 is 9.96 Å². The van der Waals surface area contributed by atoms with Crippen LogP contribution in [0.2, 0.25) is 0 Å². The fourth-order valence-corrected chi connectivity index (χ4v) is 4.56. The third kappa shape index (κ3) is 3.30. The summed E-state index contributed by atoms with van der Waals surface area (Å²) in [5.74, 6) is -1.17. The molecule has 0 saturated carbocycles. The molecule has 0 unspecified atom stereocenters. The second-order valence-electron chi connectivity index (χ2n) is 9.38. The highest BCUT2D eigenvalue weighted by Gasteiger charge is 2.60. The molecular formula is C27H26N2O3. The van der Waals surface area contributed by atoms with Crippen molar-refractivity contribution in [3.05, 3.63) is 96.1 Å². The number of rotatable bonds is 3. The molecule has 2 saturated heterocycles. The number of imide groups is 1. The Balaban J connectivity index is 1.57. The molecule has 2 aliphatic rings. The molecule has 162 valence electrons. The molecular weight excluding hydrogens is 400 g/mol. The van der Waals surface area contributed by atoms with E-state index < -0.39 is 18.1 Å². The van der Waals surface area contributed by atoms with Crippen LogP contribution in [0.25, 0.3) is 0 Å². The third-order valence-electron chi connectivity index (χ3n) is 6.26. The summed E-state index contributed by atoms with van der Waals surface area (Å²) < 4.78 is 0. The Kier molecular flexibility index (Phi) is 4.86. The summed E-state index contributed by atoms with van der Waals surface area (Å²) in [6, 6.07) is 26.6. The zero-order valence-corrected chi connectivity index (χ0v) is 18.4. The molecule has 0 spiro atoms. The molecule has 5 heteroatoms. The summed E-state index contributed by atoms with van der Waals surface area (Å²) in [5.41, 5.74) is 3.58. The van der Waals surface area contributed by atoms with Crippen LogP contribution in [0.3, 0.4) is 0 Å². The monoisotopic (exact) mass is 426 g/mol. The van der Waals surface area contributed by atoms with Crippen LogP contribution in [0.15, 0.2) is 84.9 Å². The molecule has 2 aliphatic heterocycles. The first kappa shape index (κ1) is 20.5. The van der Waals surface area contributed by atoms with E-state index in [4.69, 9.17) is 4.84 Å². The fraction of sp³-hybridized carbons (Fsp3) is 0.259. The lowest BCUT2D eigenvalue weighted by atomic mass is 9.84. The average molecular weight is 427 g/mol. The van der Waals surface area contributed by atoms with E-state index in [1.807, 2.05) is 48.5 Å². The third-order valence-corrected chi connectivity index (χ3v) is 6.26. The molecule has 2 amide bonds. The van der Waals surface area contributed by atoms with E-state index in [9.17, 15) is 9.59 Å². The van der Waals surface area contributed by atoms with Crippen LogP contribution in [0.4, 0.5) is 11.4 Å². The van der Waals surface area contributed by atoms with E-state index in [1.165, 1.54) is 10.5 Å². The first-order valence-corrected chi connectivity index (χ1v) is 10.9. The molecule has 2 heterocycles. The summed E-state index contributed by atoms with van der Waals surface area (Å²) in [6.45, 7) is 6.51. The van der Waals surface area contributed by atoms with Gasteiger partial charge in [0.25, 0.3) is 5.91 Å². The minimum atomic E-state index is -0.852. The van der Waals surface area contributed by atoms with Crippen molar-refractivity contribution in [2.75, 3.05) is 9.96 Å². The molecule has 0 aromatic heterocycles. The summed E-state index contributed by atoms with van der Waals surface area (Å²) in [5, 5.41) is 1.74. The van der Waals surface area contributed by atoms with Gasteiger partial charge in [-0.3, -0.25) is 14.4 Å². The van der Waals surface area contributed by atoms with Gasteiger partial charge in [-0.1, -0.05) is 81.4 Å². The number of hydrogen-bond donors (Lipinski definition) is 0. The predicted molar refractivity (Wildman–Crippen MR) is 124 cm³/mol. The summed E-state index contributed by atoms with van der Waals surface area (Å²) in [6.07, 6.45) is -0.852. The van der Waals surface area contributed by atoms with Crippen molar-refractivity contribution in [3.63, 3.8) is 0 Å². The van der Waals surface area contributed by atoms with Crippen molar-refractivity contribution < 1.29 is 14.4 Å². The highest BCUT2D eigenvalue weighted by Crippen LogP contribution is 2.47. The lowest BCUT2D eigenvalue weighted by Crippen LogP contribution is -2.37. The van der Waals surface area contributed by atoms with Gasteiger partial charge < -0.3 is 0 Å². The van der Waals surface area contributed by atoms with E-state index >= 15 is 0 Å². The van der Waals surface area contributed by atoms with Crippen LogP contribution >= 0.6 is 0 Å². The summed E-state index contributed by atoms with van der Waals surface area (Å²) >= 11 is 0. The van der Waals surface area contributed by atoms with Gasteiger partial charge >= 0.3 is 0 Å². The standard InChI is InChI=1S/C27H26N2O3/c1-27(2,3)19-16-14-18(15-17-19)23-22-24(32-29(23)21-12-8-5-9-13-21)26(31)28(25(22)30)20-10-6-4-7-11-20/h4-17,22-24H,1-3H3/t22-,23+,24+/m0/s1. The molecule has 0 bridgehead atoms. The molecule has 3 atom stereocenters. The van der Waals surface area contributed by atoms with Gasteiger partial charge in [-0.2, -0.15) is 0 Å². The zero-order chi connectivity index (χ0) is 22.5. The van der Waals surface area contributed by atoms with E-state index in [-0.39, 0.29) is 17.2 Å². The maximum atomic E-state index is 13.6. The summed E-state index contributed by atoms with van der Waals surface area (Å²) in [7, 11) is 0. The topological polar surface area (TPSA) is 49.9 Å². The smallest absolute Gasteiger partial charge is 0.266 e. The van der Waals surface area contributed by atoms with Crippen molar-refractivity contribution in [1.29, 1.82) is 0 Å². The molecule has 2 fully saturated rings. The molecule has 5 rings (SSSR count). The Morgan fingerprint density at radius 1 is 0.719 bits per heavy atom. The van der Waals surface area contributed by atoms with E-state index in [0.717, 1.165) is 11.3 Å². The van der Waals surface area contributed by atoms with Crippen molar-refractivity contribution in [2.45, 2.75) is 38.3 Å². The normalized spacial score (nSPS) is 23.0. The minimum Gasteiger partial charge on any atom is -0.273 e. The molecule has 3 aromatic carbocycles. The highest BCUT2D eigenvalue weighted by molar-refractivity contribution is 6.23. The molecule has 0 radical (unpaired) electrons.